The summed E-state index contributed by atoms with van der Waals surface area (Å²) in [5.41, 5.74) is 0.899. The van der Waals surface area contributed by atoms with Gasteiger partial charge in [-0.2, -0.15) is 0 Å². The van der Waals surface area contributed by atoms with Crippen molar-refractivity contribution in [3.63, 3.8) is 0 Å². The quantitative estimate of drug-likeness (QED) is 0.360. The van der Waals surface area contributed by atoms with E-state index in [0.29, 0.717) is 23.6 Å². The molecule has 0 saturated heterocycles. The number of rotatable bonds is 9. The van der Waals surface area contributed by atoms with E-state index in [-0.39, 0.29) is 16.2 Å². The van der Waals surface area contributed by atoms with Gasteiger partial charge in [-0.3, -0.25) is 9.10 Å². The van der Waals surface area contributed by atoms with Crippen LogP contribution in [0, 0.1) is 0 Å². The lowest BCUT2D eigenvalue weighted by atomic mass is 10.1. The second-order valence-corrected chi connectivity index (χ2v) is 8.76. The third-order valence-electron chi connectivity index (χ3n) is 4.67. The highest BCUT2D eigenvalue weighted by atomic mass is 32.2. The first-order valence-electron chi connectivity index (χ1n) is 9.90. The van der Waals surface area contributed by atoms with Gasteiger partial charge in [-0.25, -0.2) is 13.2 Å². The summed E-state index contributed by atoms with van der Waals surface area (Å²) in [6.07, 6.45) is 0. The molecule has 0 N–H and O–H groups in total. The van der Waals surface area contributed by atoms with Crippen molar-refractivity contribution in [2.45, 2.75) is 11.8 Å². The van der Waals surface area contributed by atoms with Crippen LogP contribution in [0.5, 0.6) is 5.75 Å². The maximum absolute atomic E-state index is 12.9. The Morgan fingerprint density at radius 2 is 1.56 bits per heavy atom. The van der Waals surface area contributed by atoms with Gasteiger partial charge in [-0.1, -0.05) is 24.3 Å². The Morgan fingerprint density at radius 1 is 0.875 bits per heavy atom. The molecule has 3 aromatic carbocycles. The Hall–Kier alpha value is -3.65. The fraction of sp³-hybridized carbons (Fsp3) is 0.167. The summed E-state index contributed by atoms with van der Waals surface area (Å²) in [5.74, 6) is -0.530. The molecule has 0 aliphatic carbocycles. The first-order valence-corrected chi connectivity index (χ1v) is 11.3. The zero-order valence-electron chi connectivity index (χ0n) is 17.7. The molecule has 32 heavy (non-hydrogen) atoms. The number of anilines is 1. The maximum Gasteiger partial charge on any atom is 0.338 e. The van der Waals surface area contributed by atoms with Gasteiger partial charge in [0.1, 0.15) is 5.75 Å². The van der Waals surface area contributed by atoms with Crippen LogP contribution in [0.4, 0.5) is 5.69 Å². The van der Waals surface area contributed by atoms with Crippen LogP contribution in [0.1, 0.15) is 27.6 Å². The molecule has 0 bridgehead atoms. The van der Waals surface area contributed by atoms with E-state index in [2.05, 4.69) is 0 Å². The molecule has 166 valence electrons. The van der Waals surface area contributed by atoms with Gasteiger partial charge in [-0.15, -0.1) is 0 Å². The van der Waals surface area contributed by atoms with Crippen molar-refractivity contribution in [2.24, 2.45) is 0 Å². The number of para-hydroxylation sites is 1. The molecule has 0 unspecified atom stereocenters. The van der Waals surface area contributed by atoms with E-state index in [1.807, 2.05) is 6.92 Å². The molecule has 3 rings (SSSR count). The molecule has 0 radical (unpaired) electrons. The summed E-state index contributed by atoms with van der Waals surface area (Å²) in [5, 5.41) is 0. The highest BCUT2D eigenvalue weighted by molar-refractivity contribution is 7.92. The predicted molar refractivity (Wildman–Crippen MR) is 121 cm³/mol. The minimum absolute atomic E-state index is 0.0343. The molecule has 3 aromatic rings. The number of ether oxygens (including phenoxy) is 2. The van der Waals surface area contributed by atoms with E-state index < -0.39 is 22.6 Å². The summed E-state index contributed by atoms with van der Waals surface area (Å²) in [7, 11) is -2.45. The van der Waals surface area contributed by atoms with Crippen LogP contribution in [0.15, 0.2) is 83.8 Å². The summed E-state index contributed by atoms with van der Waals surface area (Å²) >= 11 is 0. The summed E-state index contributed by atoms with van der Waals surface area (Å²) in [6.45, 7) is 1.91. The number of carbonyl (C=O) groups is 2. The van der Waals surface area contributed by atoms with Gasteiger partial charge in [0.2, 0.25) is 0 Å². The second kappa shape index (κ2) is 10.1. The van der Waals surface area contributed by atoms with E-state index in [4.69, 9.17) is 9.47 Å². The Kier molecular flexibility index (Phi) is 7.27. The largest absolute Gasteiger partial charge is 0.494 e. The van der Waals surface area contributed by atoms with Crippen molar-refractivity contribution in [1.82, 2.24) is 0 Å². The predicted octanol–water partition coefficient (Wildman–Crippen LogP) is 3.95. The average Bonchev–Trinajstić information content (AvgIpc) is 2.83. The molecule has 0 spiro atoms. The highest BCUT2D eigenvalue weighted by Gasteiger charge is 2.23. The molecule has 0 aromatic heterocycles. The zero-order chi connectivity index (χ0) is 23.1. The lowest BCUT2D eigenvalue weighted by Gasteiger charge is -2.19. The SMILES string of the molecule is CCOc1ccc(C(=O)COC(=O)c2cccc(S(=O)(=O)N(C)c3ccccc3)c2)cc1. The van der Waals surface area contributed by atoms with Gasteiger partial charge in [0, 0.05) is 12.6 Å². The van der Waals surface area contributed by atoms with Crippen molar-refractivity contribution >= 4 is 27.5 Å². The topological polar surface area (TPSA) is 90.0 Å². The molecule has 0 amide bonds. The van der Waals surface area contributed by atoms with Gasteiger partial charge < -0.3 is 9.47 Å². The van der Waals surface area contributed by atoms with E-state index in [1.165, 1.54) is 31.3 Å². The fourth-order valence-corrected chi connectivity index (χ4v) is 4.16. The number of sulfonamides is 1. The minimum atomic E-state index is -3.88. The van der Waals surface area contributed by atoms with Crippen LogP contribution in [0.3, 0.4) is 0 Å². The van der Waals surface area contributed by atoms with Crippen molar-refractivity contribution in [3.8, 4) is 5.75 Å². The third kappa shape index (κ3) is 5.33. The number of Topliss-reactive ketones (excluding diaryl/α,β-unsaturated/α-hetero) is 1. The maximum atomic E-state index is 12.9. The van der Waals surface area contributed by atoms with E-state index >= 15 is 0 Å². The Bertz CT molecular complexity index is 1190. The standard InChI is InChI=1S/C24H23NO6S/c1-3-30-21-14-12-18(13-15-21)23(26)17-31-24(27)19-8-7-11-22(16-19)32(28,29)25(2)20-9-5-4-6-10-20/h4-16H,3,17H2,1-2H3. The zero-order valence-corrected chi connectivity index (χ0v) is 18.5. The van der Waals surface area contributed by atoms with Gasteiger partial charge >= 0.3 is 5.97 Å². The van der Waals surface area contributed by atoms with E-state index in [9.17, 15) is 18.0 Å². The Balaban J connectivity index is 1.69. The molecular formula is C24H23NO6S. The highest BCUT2D eigenvalue weighted by Crippen LogP contribution is 2.22. The molecule has 8 heteroatoms. The normalized spacial score (nSPS) is 10.9. The minimum Gasteiger partial charge on any atom is -0.494 e. The van der Waals surface area contributed by atoms with Crippen LogP contribution in [-0.2, 0) is 14.8 Å². The number of benzene rings is 3. The fourth-order valence-electron chi connectivity index (χ4n) is 2.92. The van der Waals surface area contributed by atoms with E-state index in [0.717, 1.165) is 4.31 Å². The van der Waals surface area contributed by atoms with Crippen LogP contribution < -0.4 is 9.04 Å². The monoisotopic (exact) mass is 453 g/mol. The number of hydrogen-bond donors (Lipinski definition) is 0. The molecular weight excluding hydrogens is 430 g/mol. The van der Waals surface area contributed by atoms with Gasteiger partial charge in [0.05, 0.1) is 22.8 Å². The number of nitrogens with zero attached hydrogens (tertiary/aromatic N) is 1. The number of esters is 1. The number of ketones is 1. The van der Waals surface area contributed by atoms with Gasteiger partial charge in [-0.05, 0) is 61.5 Å². The van der Waals surface area contributed by atoms with Gasteiger partial charge in [0.15, 0.2) is 12.4 Å². The van der Waals surface area contributed by atoms with Crippen molar-refractivity contribution in [3.05, 3.63) is 90.0 Å². The summed E-state index contributed by atoms with van der Waals surface area (Å²) < 4.78 is 37.5. The van der Waals surface area contributed by atoms with Gasteiger partial charge in [0.25, 0.3) is 10.0 Å². The first-order chi connectivity index (χ1) is 15.3. The van der Waals surface area contributed by atoms with Crippen molar-refractivity contribution in [1.29, 1.82) is 0 Å². The van der Waals surface area contributed by atoms with E-state index in [1.54, 1.807) is 54.6 Å². The first kappa shape index (κ1) is 23.0. The van der Waals surface area contributed by atoms with Crippen molar-refractivity contribution < 1.29 is 27.5 Å². The number of carbonyl (C=O) groups excluding carboxylic acids is 2. The molecule has 0 atom stereocenters. The molecule has 0 saturated carbocycles. The van der Waals surface area contributed by atoms with Crippen molar-refractivity contribution in [2.75, 3.05) is 24.6 Å². The van der Waals surface area contributed by atoms with Crippen LogP contribution in [-0.4, -0.2) is 40.4 Å². The average molecular weight is 454 g/mol. The Morgan fingerprint density at radius 3 is 2.22 bits per heavy atom. The van der Waals surface area contributed by atoms with Crippen LogP contribution >= 0.6 is 0 Å². The molecule has 0 aliphatic heterocycles. The molecule has 0 aliphatic rings. The lowest BCUT2D eigenvalue weighted by molar-refractivity contribution is 0.0474. The second-order valence-electron chi connectivity index (χ2n) is 6.79. The molecule has 7 nitrogen and oxygen atoms in total. The van der Waals surface area contributed by atoms with Crippen LogP contribution in [0.25, 0.3) is 0 Å². The molecule has 0 heterocycles. The molecule has 0 fully saturated rings. The smallest absolute Gasteiger partial charge is 0.338 e. The third-order valence-corrected chi connectivity index (χ3v) is 6.45. The summed E-state index contributed by atoms with van der Waals surface area (Å²) in [6, 6.07) is 20.6. The van der Waals surface area contributed by atoms with Crippen LogP contribution in [0.2, 0.25) is 0 Å². The number of hydrogen-bond acceptors (Lipinski definition) is 6. The summed E-state index contributed by atoms with van der Waals surface area (Å²) in [4.78, 5) is 24.7. The Labute approximate surface area is 187 Å². The lowest BCUT2D eigenvalue weighted by Crippen LogP contribution is -2.26.